The minimum Gasteiger partial charge on any atom is -0.493 e. The zero-order valence-electron chi connectivity index (χ0n) is 11.6. The van der Waals surface area contributed by atoms with E-state index < -0.39 is 6.10 Å². The predicted octanol–water partition coefficient (Wildman–Crippen LogP) is 4.02. The summed E-state index contributed by atoms with van der Waals surface area (Å²) < 4.78 is 5.63. The molecule has 0 spiro atoms. The molecule has 0 aliphatic heterocycles. The van der Waals surface area contributed by atoms with E-state index in [9.17, 15) is 5.11 Å². The number of ether oxygens (including phenoxy) is 1. The molecule has 0 aliphatic rings. The molecule has 106 valence electrons. The van der Waals surface area contributed by atoms with Crippen molar-refractivity contribution in [3.63, 3.8) is 0 Å². The summed E-state index contributed by atoms with van der Waals surface area (Å²) >= 11 is 6.07. The summed E-state index contributed by atoms with van der Waals surface area (Å²) in [6.07, 6.45) is 0.690. The number of aliphatic hydroxyl groups is 1. The lowest BCUT2D eigenvalue weighted by Crippen LogP contribution is -2.15. The van der Waals surface area contributed by atoms with Crippen LogP contribution in [0, 0.1) is 6.92 Å². The molecule has 0 amide bonds. The highest BCUT2D eigenvalue weighted by Crippen LogP contribution is 2.18. The molecule has 1 N–H and O–H groups in total. The monoisotopic (exact) mass is 290 g/mol. The molecule has 1 unspecified atom stereocenters. The fourth-order valence-electron chi connectivity index (χ4n) is 2.04. The van der Waals surface area contributed by atoms with Crippen LogP contribution in [-0.2, 0) is 6.42 Å². The SMILES string of the molecule is Cc1cccc(OCCC(O)Cc2ccccc2Cl)c1. The molecule has 20 heavy (non-hydrogen) atoms. The molecule has 0 aromatic heterocycles. The molecule has 0 fully saturated rings. The van der Waals surface area contributed by atoms with Gasteiger partial charge in [-0.05, 0) is 42.7 Å². The van der Waals surface area contributed by atoms with E-state index in [2.05, 4.69) is 0 Å². The molecular formula is C17H19ClO2. The Balaban J connectivity index is 1.78. The minimum atomic E-state index is -0.445. The van der Waals surface area contributed by atoms with Crippen LogP contribution < -0.4 is 4.74 Å². The van der Waals surface area contributed by atoms with Gasteiger partial charge in [-0.25, -0.2) is 0 Å². The second-order valence-corrected chi connectivity index (χ2v) is 5.31. The van der Waals surface area contributed by atoms with Gasteiger partial charge < -0.3 is 9.84 Å². The Labute approximate surface area is 125 Å². The van der Waals surface area contributed by atoms with Gasteiger partial charge in [-0.2, -0.15) is 0 Å². The highest BCUT2D eigenvalue weighted by atomic mass is 35.5. The maximum absolute atomic E-state index is 10.0. The average Bonchev–Trinajstić information content (AvgIpc) is 2.41. The zero-order chi connectivity index (χ0) is 14.4. The maximum Gasteiger partial charge on any atom is 0.119 e. The number of halogens is 1. The fraction of sp³-hybridized carbons (Fsp3) is 0.294. The number of benzene rings is 2. The predicted molar refractivity (Wildman–Crippen MR) is 82.5 cm³/mol. The van der Waals surface area contributed by atoms with E-state index in [-0.39, 0.29) is 0 Å². The van der Waals surface area contributed by atoms with Gasteiger partial charge in [0.05, 0.1) is 12.7 Å². The van der Waals surface area contributed by atoms with Crippen molar-refractivity contribution in [1.82, 2.24) is 0 Å². The molecule has 3 heteroatoms. The van der Waals surface area contributed by atoms with E-state index in [0.717, 1.165) is 11.3 Å². The number of rotatable bonds is 6. The van der Waals surface area contributed by atoms with Crippen LogP contribution in [0.5, 0.6) is 5.75 Å². The first-order valence-electron chi connectivity index (χ1n) is 6.76. The lowest BCUT2D eigenvalue weighted by Gasteiger charge is -2.13. The normalized spacial score (nSPS) is 12.2. The minimum absolute atomic E-state index is 0.445. The molecule has 0 saturated carbocycles. The first kappa shape index (κ1) is 14.9. The van der Waals surface area contributed by atoms with E-state index in [4.69, 9.17) is 16.3 Å². The quantitative estimate of drug-likeness (QED) is 0.871. The van der Waals surface area contributed by atoms with Crippen molar-refractivity contribution in [3.05, 3.63) is 64.7 Å². The molecule has 2 aromatic rings. The van der Waals surface area contributed by atoms with E-state index in [1.807, 2.05) is 55.5 Å². The van der Waals surface area contributed by atoms with Gasteiger partial charge in [-0.3, -0.25) is 0 Å². The van der Waals surface area contributed by atoms with Crippen molar-refractivity contribution in [2.75, 3.05) is 6.61 Å². The van der Waals surface area contributed by atoms with Gasteiger partial charge >= 0.3 is 0 Å². The lowest BCUT2D eigenvalue weighted by atomic mass is 10.1. The number of aryl methyl sites for hydroxylation is 1. The van der Waals surface area contributed by atoms with Crippen molar-refractivity contribution in [1.29, 1.82) is 0 Å². The molecule has 2 nitrogen and oxygen atoms in total. The Morgan fingerprint density at radius 2 is 1.95 bits per heavy atom. The van der Waals surface area contributed by atoms with Crippen molar-refractivity contribution in [2.45, 2.75) is 25.9 Å². The largest absolute Gasteiger partial charge is 0.493 e. The van der Waals surface area contributed by atoms with Crippen molar-refractivity contribution < 1.29 is 9.84 Å². The summed E-state index contributed by atoms with van der Waals surface area (Å²) in [5.74, 6) is 0.843. The highest BCUT2D eigenvalue weighted by Gasteiger charge is 2.08. The van der Waals surface area contributed by atoms with Gasteiger partial charge in [-0.15, -0.1) is 0 Å². The second kappa shape index (κ2) is 7.32. The van der Waals surface area contributed by atoms with Crippen LogP contribution in [-0.4, -0.2) is 17.8 Å². The molecule has 2 rings (SSSR count). The van der Waals surface area contributed by atoms with Gasteiger partial charge in [-0.1, -0.05) is 41.9 Å². The standard InChI is InChI=1S/C17H19ClO2/c1-13-5-4-7-16(11-13)20-10-9-15(19)12-14-6-2-3-8-17(14)18/h2-8,11,15,19H,9-10,12H2,1H3. The maximum atomic E-state index is 10.0. The van der Waals surface area contributed by atoms with Crippen LogP contribution in [0.2, 0.25) is 5.02 Å². The van der Waals surface area contributed by atoms with Gasteiger partial charge in [0.1, 0.15) is 5.75 Å². The number of hydrogen-bond donors (Lipinski definition) is 1. The molecule has 2 aromatic carbocycles. The van der Waals surface area contributed by atoms with Crippen LogP contribution in [0.15, 0.2) is 48.5 Å². The Kier molecular flexibility index (Phi) is 5.45. The molecule has 0 aliphatic carbocycles. The van der Waals surface area contributed by atoms with E-state index >= 15 is 0 Å². The molecular weight excluding hydrogens is 272 g/mol. The second-order valence-electron chi connectivity index (χ2n) is 4.90. The molecule has 1 atom stereocenters. The fourth-order valence-corrected chi connectivity index (χ4v) is 2.25. The van der Waals surface area contributed by atoms with Crippen molar-refractivity contribution in [3.8, 4) is 5.75 Å². The highest BCUT2D eigenvalue weighted by molar-refractivity contribution is 6.31. The summed E-state index contributed by atoms with van der Waals surface area (Å²) in [6.45, 7) is 2.52. The Bertz CT molecular complexity index is 554. The molecule has 0 saturated heterocycles. The van der Waals surface area contributed by atoms with Crippen LogP contribution in [0.25, 0.3) is 0 Å². The van der Waals surface area contributed by atoms with E-state index in [1.54, 1.807) is 0 Å². The first-order valence-corrected chi connectivity index (χ1v) is 7.14. The Morgan fingerprint density at radius 3 is 2.70 bits per heavy atom. The zero-order valence-corrected chi connectivity index (χ0v) is 12.3. The topological polar surface area (TPSA) is 29.5 Å². The van der Waals surface area contributed by atoms with Crippen molar-refractivity contribution in [2.24, 2.45) is 0 Å². The van der Waals surface area contributed by atoms with E-state index in [0.29, 0.717) is 24.5 Å². The summed E-state index contributed by atoms with van der Waals surface area (Å²) in [6, 6.07) is 15.5. The third-order valence-corrected chi connectivity index (χ3v) is 3.49. The Morgan fingerprint density at radius 1 is 1.15 bits per heavy atom. The Hall–Kier alpha value is -1.51. The average molecular weight is 291 g/mol. The van der Waals surface area contributed by atoms with Crippen LogP contribution >= 0.6 is 11.6 Å². The first-order chi connectivity index (χ1) is 9.65. The summed E-state index contributed by atoms with van der Waals surface area (Å²) in [5, 5.41) is 10.7. The van der Waals surface area contributed by atoms with Gasteiger partial charge in [0, 0.05) is 11.4 Å². The van der Waals surface area contributed by atoms with Crippen molar-refractivity contribution >= 4 is 11.6 Å². The van der Waals surface area contributed by atoms with Crippen LogP contribution in [0.1, 0.15) is 17.5 Å². The van der Waals surface area contributed by atoms with Crippen LogP contribution in [0.3, 0.4) is 0 Å². The lowest BCUT2D eigenvalue weighted by molar-refractivity contribution is 0.139. The summed E-state index contributed by atoms with van der Waals surface area (Å²) in [5.41, 5.74) is 2.14. The van der Waals surface area contributed by atoms with Gasteiger partial charge in [0.15, 0.2) is 0 Å². The van der Waals surface area contributed by atoms with Gasteiger partial charge in [0.25, 0.3) is 0 Å². The third kappa shape index (κ3) is 4.55. The van der Waals surface area contributed by atoms with Gasteiger partial charge in [0.2, 0.25) is 0 Å². The number of aliphatic hydroxyl groups excluding tert-OH is 1. The summed E-state index contributed by atoms with van der Waals surface area (Å²) in [7, 11) is 0. The smallest absolute Gasteiger partial charge is 0.119 e. The summed E-state index contributed by atoms with van der Waals surface area (Å²) in [4.78, 5) is 0. The molecule has 0 radical (unpaired) electrons. The molecule has 0 bridgehead atoms. The van der Waals surface area contributed by atoms with Crippen LogP contribution in [0.4, 0.5) is 0 Å². The van der Waals surface area contributed by atoms with E-state index in [1.165, 1.54) is 5.56 Å². The third-order valence-electron chi connectivity index (χ3n) is 3.12. The number of hydrogen-bond acceptors (Lipinski definition) is 2. The molecule has 0 heterocycles.